The lowest BCUT2D eigenvalue weighted by molar-refractivity contribution is 0.187. The van der Waals surface area contributed by atoms with Crippen molar-refractivity contribution in [2.24, 2.45) is 4.99 Å². The van der Waals surface area contributed by atoms with Gasteiger partial charge in [0.2, 0.25) is 0 Å². The van der Waals surface area contributed by atoms with Crippen LogP contribution in [0, 0.1) is 0 Å². The molecule has 1 heterocycles. The molecule has 0 saturated carbocycles. The van der Waals surface area contributed by atoms with Crippen LogP contribution in [0.25, 0.3) is 0 Å². The molecule has 0 saturated heterocycles. The first-order valence-electron chi connectivity index (χ1n) is 5.61. The second kappa shape index (κ2) is 6.82. The highest BCUT2D eigenvalue weighted by molar-refractivity contribution is 5.82. The number of amidine groups is 1. The summed E-state index contributed by atoms with van der Waals surface area (Å²) in [6, 6.07) is 0.479. The molecule has 0 aromatic heterocycles. The summed E-state index contributed by atoms with van der Waals surface area (Å²) in [6.07, 6.45) is 6.02. The third kappa shape index (κ3) is 4.61. The minimum atomic E-state index is 0.479. The fourth-order valence-corrected chi connectivity index (χ4v) is 1.64. The minimum absolute atomic E-state index is 0.479. The second-order valence-electron chi connectivity index (χ2n) is 3.97. The molecule has 82 valence electrons. The van der Waals surface area contributed by atoms with Crippen LogP contribution < -0.4 is 5.32 Å². The van der Waals surface area contributed by atoms with Gasteiger partial charge in [-0.2, -0.15) is 0 Å². The monoisotopic (exact) mass is 198 g/mol. The Morgan fingerprint density at radius 2 is 2.29 bits per heavy atom. The Kier molecular flexibility index (Phi) is 5.60. The summed E-state index contributed by atoms with van der Waals surface area (Å²) in [4.78, 5) is 4.54. The highest BCUT2D eigenvalue weighted by atomic mass is 16.5. The topological polar surface area (TPSA) is 33.6 Å². The molecule has 1 unspecified atom stereocenters. The third-order valence-electron chi connectivity index (χ3n) is 2.54. The van der Waals surface area contributed by atoms with Crippen molar-refractivity contribution in [3.8, 4) is 0 Å². The Labute approximate surface area is 86.9 Å². The van der Waals surface area contributed by atoms with Gasteiger partial charge in [-0.25, -0.2) is 0 Å². The van der Waals surface area contributed by atoms with E-state index in [-0.39, 0.29) is 0 Å². The zero-order valence-electron chi connectivity index (χ0n) is 9.38. The van der Waals surface area contributed by atoms with Gasteiger partial charge in [0.15, 0.2) is 0 Å². The molecule has 3 heteroatoms. The fourth-order valence-electron chi connectivity index (χ4n) is 1.64. The number of rotatable bonds is 4. The van der Waals surface area contributed by atoms with Crippen LogP contribution >= 0.6 is 0 Å². The van der Waals surface area contributed by atoms with Crippen LogP contribution in [0.2, 0.25) is 0 Å². The van der Waals surface area contributed by atoms with Crippen LogP contribution in [-0.4, -0.2) is 32.1 Å². The first-order valence-corrected chi connectivity index (χ1v) is 5.61. The summed E-state index contributed by atoms with van der Waals surface area (Å²) in [5.41, 5.74) is 0. The average Bonchev–Trinajstić information content (AvgIpc) is 2.43. The normalized spacial score (nSPS) is 19.7. The van der Waals surface area contributed by atoms with Crippen LogP contribution in [0.5, 0.6) is 0 Å². The maximum absolute atomic E-state index is 5.05. The largest absolute Gasteiger partial charge is 0.385 e. The van der Waals surface area contributed by atoms with Crippen molar-refractivity contribution in [2.45, 2.75) is 45.1 Å². The van der Waals surface area contributed by atoms with Gasteiger partial charge < -0.3 is 10.1 Å². The van der Waals surface area contributed by atoms with Crippen molar-refractivity contribution in [3.63, 3.8) is 0 Å². The molecule has 1 N–H and O–H groups in total. The van der Waals surface area contributed by atoms with E-state index in [9.17, 15) is 0 Å². The summed E-state index contributed by atoms with van der Waals surface area (Å²) in [6.45, 7) is 4.01. The molecule has 0 amide bonds. The molecule has 0 fully saturated rings. The highest BCUT2D eigenvalue weighted by Crippen LogP contribution is 2.06. The predicted octanol–water partition coefficient (Wildman–Crippen LogP) is 1.97. The standard InChI is InChI=1S/C11H22N2O/c1-10(7-9-14-2)13-11-6-4-3-5-8-12-11/h10H,3-9H2,1-2H3,(H,12,13). The lowest BCUT2D eigenvalue weighted by atomic mass is 10.2. The summed E-state index contributed by atoms with van der Waals surface area (Å²) in [5.74, 6) is 1.20. The Hall–Kier alpha value is -0.570. The molecule has 1 atom stereocenters. The van der Waals surface area contributed by atoms with Gasteiger partial charge in [-0.05, 0) is 26.2 Å². The van der Waals surface area contributed by atoms with Gasteiger partial charge in [-0.1, -0.05) is 6.42 Å². The first kappa shape index (κ1) is 11.5. The molecule has 0 radical (unpaired) electrons. The molecule has 14 heavy (non-hydrogen) atoms. The van der Waals surface area contributed by atoms with E-state index < -0.39 is 0 Å². The van der Waals surface area contributed by atoms with E-state index in [4.69, 9.17) is 4.74 Å². The van der Waals surface area contributed by atoms with Gasteiger partial charge in [-0.3, -0.25) is 4.99 Å². The number of aliphatic imine (C=N–C) groups is 1. The maximum Gasteiger partial charge on any atom is 0.0965 e. The number of methoxy groups -OCH3 is 1. The van der Waals surface area contributed by atoms with Crippen LogP contribution in [0.4, 0.5) is 0 Å². The van der Waals surface area contributed by atoms with Gasteiger partial charge in [0, 0.05) is 32.7 Å². The summed E-state index contributed by atoms with van der Waals surface area (Å²) >= 11 is 0. The Morgan fingerprint density at radius 1 is 1.43 bits per heavy atom. The molecule has 0 spiro atoms. The predicted molar refractivity (Wildman–Crippen MR) is 59.9 cm³/mol. The zero-order chi connectivity index (χ0) is 10.2. The van der Waals surface area contributed by atoms with E-state index in [0.29, 0.717) is 6.04 Å². The van der Waals surface area contributed by atoms with E-state index in [0.717, 1.165) is 26.0 Å². The summed E-state index contributed by atoms with van der Waals surface area (Å²) in [5, 5.41) is 3.46. The molecule has 3 nitrogen and oxygen atoms in total. The van der Waals surface area contributed by atoms with Crippen molar-refractivity contribution in [1.29, 1.82) is 0 Å². The quantitative estimate of drug-likeness (QED) is 0.749. The molecule has 1 aliphatic rings. The molecule has 1 aliphatic heterocycles. The lowest BCUT2D eigenvalue weighted by Gasteiger charge is -2.15. The van der Waals surface area contributed by atoms with Gasteiger partial charge in [-0.15, -0.1) is 0 Å². The zero-order valence-corrected chi connectivity index (χ0v) is 9.38. The van der Waals surface area contributed by atoms with E-state index in [1.165, 1.54) is 25.1 Å². The summed E-state index contributed by atoms with van der Waals surface area (Å²) < 4.78 is 5.05. The van der Waals surface area contributed by atoms with Gasteiger partial charge >= 0.3 is 0 Å². The van der Waals surface area contributed by atoms with Gasteiger partial charge in [0.1, 0.15) is 0 Å². The minimum Gasteiger partial charge on any atom is -0.385 e. The number of ether oxygens (including phenoxy) is 1. The molecular formula is C11H22N2O. The third-order valence-corrected chi connectivity index (χ3v) is 2.54. The van der Waals surface area contributed by atoms with E-state index in [1.807, 2.05) is 0 Å². The van der Waals surface area contributed by atoms with Crippen LogP contribution in [-0.2, 0) is 4.74 Å². The summed E-state index contributed by atoms with van der Waals surface area (Å²) in [7, 11) is 1.75. The van der Waals surface area contributed by atoms with Gasteiger partial charge in [0.05, 0.1) is 5.84 Å². The Bertz CT molecular complexity index is 180. The number of hydrogen-bond donors (Lipinski definition) is 1. The molecule has 0 aromatic carbocycles. The van der Waals surface area contributed by atoms with Crippen LogP contribution in [0.3, 0.4) is 0 Å². The van der Waals surface area contributed by atoms with Crippen molar-refractivity contribution in [1.82, 2.24) is 5.32 Å². The molecule has 1 rings (SSSR count). The van der Waals surface area contributed by atoms with Crippen molar-refractivity contribution in [2.75, 3.05) is 20.3 Å². The molecule has 0 bridgehead atoms. The van der Waals surface area contributed by atoms with E-state index >= 15 is 0 Å². The van der Waals surface area contributed by atoms with Crippen molar-refractivity contribution >= 4 is 5.84 Å². The highest BCUT2D eigenvalue weighted by Gasteiger charge is 2.07. The number of nitrogens with one attached hydrogen (secondary N) is 1. The smallest absolute Gasteiger partial charge is 0.0965 e. The number of hydrogen-bond acceptors (Lipinski definition) is 3. The van der Waals surface area contributed by atoms with E-state index in [1.54, 1.807) is 7.11 Å². The van der Waals surface area contributed by atoms with Crippen molar-refractivity contribution < 1.29 is 4.74 Å². The van der Waals surface area contributed by atoms with Crippen LogP contribution in [0.15, 0.2) is 4.99 Å². The van der Waals surface area contributed by atoms with Crippen LogP contribution in [0.1, 0.15) is 39.0 Å². The average molecular weight is 198 g/mol. The van der Waals surface area contributed by atoms with E-state index in [2.05, 4.69) is 17.2 Å². The fraction of sp³-hybridized carbons (Fsp3) is 0.909. The second-order valence-corrected chi connectivity index (χ2v) is 3.97. The SMILES string of the molecule is COCCC(C)NC1=NCCCCC1. The van der Waals surface area contributed by atoms with Gasteiger partial charge in [0.25, 0.3) is 0 Å². The molecular weight excluding hydrogens is 176 g/mol. The first-order chi connectivity index (χ1) is 6.83. The molecule has 0 aromatic rings. The Morgan fingerprint density at radius 3 is 3.07 bits per heavy atom. The lowest BCUT2D eigenvalue weighted by Crippen LogP contribution is -2.33. The maximum atomic E-state index is 5.05. The van der Waals surface area contributed by atoms with Crippen molar-refractivity contribution in [3.05, 3.63) is 0 Å². The number of nitrogens with zero attached hydrogens (tertiary/aromatic N) is 1. The Balaban J connectivity index is 2.23. The molecule has 0 aliphatic carbocycles.